The third-order valence-electron chi connectivity index (χ3n) is 6.02. The molecule has 4 atom stereocenters. The number of nitrogens with one attached hydrogen (secondary N) is 1. The summed E-state index contributed by atoms with van der Waals surface area (Å²) >= 11 is 0. The summed E-state index contributed by atoms with van der Waals surface area (Å²) in [7, 11) is 0. The SMILES string of the molecule is Cc1cc(CC(=O)O[C@H]2CN3C(N)=N[C@@H](CO)[C@@H]4N=C(N)N[C@@]43C2(O)O)cc(C(F)(F)F)c1. The molecule has 3 aliphatic heterocycles. The molecule has 3 aliphatic rings. The number of aliphatic hydroxyl groups is 3. The van der Waals surface area contributed by atoms with Crippen LogP contribution in [-0.2, 0) is 22.1 Å². The molecule has 0 aromatic heterocycles. The number of esters is 1. The number of carbonyl (C=O) groups excluding carboxylic acids is 1. The average molecular weight is 472 g/mol. The van der Waals surface area contributed by atoms with Crippen LogP contribution in [0.25, 0.3) is 0 Å². The first-order chi connectivity index (χ1) is 15.3. The number of halogens is 3. The van der Waals surface area contributed by atoms with Crippen LogP contribution < -0.4 is 16.8 Å². The highest BCUT2D eigenvalue weighted by molar-refractivity contribution is 5.87. The molecule has 1 aromatic carbocycles. The van der Waals surface area contributed by atoms with Gasteiger partial charge in [0.05, 0.1) is 25.1 Å². The first-order valence-corrected chi connectivity index (χ1v) is 9.95. The second kappa shape index (κ2) is 7.46. The Morgan fingerprint density at radius 2 is 2.00 bits per heavy atom. The van der Waals surface area contributed by atoms with Crippen LogP contribution in [0.4, 0.5) is 13.2 Å². The Balaban J connectivity index is 1.58. The van der Waals surface area contributed by atoms with E-state index in [9.17, 15) is 33.3 Å². The molecular formula is C19H23F3N6O5. The van der Waals surface area contributed by atoms with Crippen molar-refractivity contribution in [3.63, 3.8) is 0 Å². The van der Waals surface area contributed by atoms with Crippen LogP contribution in [0.15, 0.2) is 28.2 Å². The van der Waals surface area contributed by atoms with Crippen molar-refractivity contribution in [1.82, 2.24) is 10.2 Å². The van der Waals surface area contributed by atoms with Gasteiger partial charge in [0.1, 0.15) is 12.1 Å². The van der Waals surface area contributed by atoms with E-state index in [1.807, 2.05) is 0 Å². The lowest BCUT2D eigenvalue weighted by molar-refractivity contribution is -0.262. The summed E-state index contributed by atoms with van der Waals surface area (Å²) in [5, 5.41) is 34.5. The number of rotatable bonds is 4. The zero-order valence-electron chi connectivity index (χ0n) is 17.4. The van der Waals surface area contributed by atoms with Gasteiger partial charge in [-0.2, -0.15) is 13.2 Å². The minimum absolute atomic E-state index is 0.0496. The van der Waals surface area contributed by atoms with E-state index >= 15 is 0 Å². The number of aryl methyl sites for hydroxylation is 1. The lowest BCUT2D eigenvalue weighted by atomic mass is 9.86. The monoisotopic (exact) mass is 472 g/mol. The molecule has 1 saturated heterocycles. The Morgan fingerprint density at radius 1 is 1.30 bits per heavy atom. The van der Waals surface area contributed by atoms with Crippen LogP contribution in [0.5, 0.6) is 0 Å². The quantitative estimate of drug-likeness (QED) is 0.216. The highest BCUT2D eigenvalue weighted by Gasteiger charge is 2.74. The molecule has 1 aromatic rings. The van der Waals surface area contributed by atoms with E-state index < -0.39 is 60.4 Å². The maximum absolute atomic E-state index is 13.1. The van der Waals surface area contributed by atoms with Gasteiger partial charge in [0.2, 0.25) is 5.79 Å². The molecule has 0 amide bonds. The van der Waals surface area contributed by atoms with Crippen LogP contribution in [0, 0.1) is 6.92 Å². The molecule has 0 bridgehead atoms. The van der Waals surface area contributed by atoms with Crippen molar-refractivity contribution in [2.24, 2.45) is 21.5 Å². The Morgan fingerprint density at radius 3 is 2.64 bits per heavy atom. The Labute approximate surface area is 185 Å². The molecule has 14 heteroatoms. The van der Waals surface area contributed by atoms with Gasteiger partial charge in [-0.15, -0.1) is 0 Å². The van der Waals surface area contributed by atoms with Gasteiger partial charge in [0, 0.05) is 0 Å². The molecule has 33 heavy (non-hydrogen) atoms. The minimum atomic E-state index is -4.59. The minimum Gasteiger partial charge on any atom is -0.454 e. The number of aliphatic imine (C=N–C) groups is 2. The standard InChI is InChI=1S/C19H23F3N6O5/c1-8-2-9(4-10(3-8)19(20,21)22)5-13(30)33-12-6-28-16(24)25-11(7-29)14-17(28,18(12,31)32)27-15(23)26-14/h2-4,11-12,14,29,31-32H,5-7H2,1H3,(H2,24,25)(H3,23,26,27)/t11-,12-,14-,17-/m0/s1. The van der Waals surface area contributed by atoms with Crippen molar-refractivity contribution in [2.45, 2.75) is 49.2 Å². The number of benzene rings is 1. The first-order valence-electron chi connectivity index (χ1n) is 9.95. The molecule has 11 nitrogen and oxygen atoms in total. The van der Waals surface area contributed by atoms with Crippen molar-refractivity contribution in [3.05, 3.63) is 34.9 Å². The predicted molar refractivity (Wildman–Crippen MR) is 107 cm³/mol. The molecule has 4 rings (SSSR count). The van der Waals surface area contributed by atoms with E-state index in [2.05, 4.69) is 15.3 Å². The average Bonchev–Trinajstić information content (AvgIpc) is 3.15. The maximum Gasteiger partial charge on any atom is 0.416 e. The lowest BCUT2D eigenvalue weighted by Gasteiger charge is -2.48. The van der Waals surface area contributed by atoms with Gasteiger partial charge in [0.15, 0.2) is 23.7 Å². The van der Waals surface area contributed by atoms with E-state index in [1.54, 1.807) is 0 Å². The number of hydrogen-bond acceptors (Lipinski definition) is 11. The molecule has 0 aliphatic carbocycles. The van der Waals surface area contributed by atoms with Crippen LogP contribution in [0.1, 0.15) is 16.7 Å². The highest BCUT2D eigenvalue weighted by Crippen LogP contribution is 2.45. The fraction of sp³-hybridized carbons (Fsp3) is 0.526. The summed E-state index contributed by atoms with van der Waals surface area (Å²) in [5.41, 5.74) is 9.29. The van der Waals surface area contributed by atoms with E-state index in [0.717, 1.165) is 12.1 Å². The zero-order valence-corrected chi connectivity index (χ0v) is 17.4. The van der Waals surface area contributed by atoms with E-state index in [1.165, 1.54) is 17.9 Å². The van der Waals surface area contributed by atoms with Gasteiger partial charge in [-0.05, 0) is 24.6 Å². The molecule has 0 saturated carbocycles. The molecule has 180 valence electrons. The molecule has 1 fully saturated rings. The summed E-state index contributed by atoms with van der Waals surface area (Å²) in [5.74, 6) is -4.11. The molecule has 8 N–H and O–H groups in total. The van der Waals surface area contributed by atoms with Crippen LogP contribution in [-0.4, -0.2) is 80.9 Å². The third-order valence-corrected chi connectivity index (χ3v) is 6.02. The number of alkyl halides is 3. The molecular weight excluding hydrogens is 449 g/mol. The highest BCUT2D eigenvalue weighted by atomic mass is 19.4. The largest absolute Gasteiger partial charge is 0.454 e. The summed E-state index contributed by atoms with van der Waals surface area (Å²) < 4.78 is 44.5. The summed E-state index contributed by atoms with van der Waals surface area (Å²) in [4.78, 5) is 22.0. The number of ether oxygens (including phenoxy) is 1. The number of nitrogens with zero attached hydrogens (tertiary/aromatic N) is 3. The van der Waals surface area contributed by atoms with Gasteiger partial charge in [-0.1, -0.05) is 11.6 Å². The Bertz CT molecular complexity index is 1050. The number of guanidine groups is 2. The number of nitrogens with two attached hydrogens (primary N) is 2. The molecule has 1 spiro atoms. The van der Waals surface area contributed by atoms with Gasteiger partial charge in [-0.3, -0.25) is 4.79 Å². The second-order valence-corrected chi connectivity index (χ2v) is 8.28. The Kier molecular flexibility index (Phi) is 5.22. The van der Waals surface area contributed by atoms with Crippen molar-refractivity contribution in [3.8, 4) is 0 Å². The summed E-state index contributed by atoms with van der Waals surface area (Å²) in [6.45, 7) is 0.621. The molecule has 0 unspecified atom stereocenters. The number of hydrogen-bond donors (Lipinski definition) is 6. The topological polar surface area (TPSA) is 179 Å². The van der Waals surface area contributed by atoms with Crippen molar-refractivity contribution < 1.29 is 38.0 Å². The van der Waals surface area contributed by atoms with Crippen molar-refractivity contribution in [1.29, 1.82) is 0 Å². The third kappa shape index (κ3) is 3.54. The predicted octanol–water partition coefficient (Wildman–Crippen LogP) is -1.86. The van der Waals surface area contributed by atoms with Gasteiger partial charge in [0.25, 0.3) is 0 Å². The molecule has 3 heterocycles. The summed E-state index contributed by atoms with van der Waals surface area (Å²) in [6, 6.07) is 1.16. The van der Waals surface area contributed by atoms with Gasteiger partial charge in [-0.25, -0.2) is 9.98 Å². The molecule has 0 radical (unpaired) electrons. The van der Waals surface area contributed by atoms with Crippen molar-refractivity contribution >= 4 is 17.9 Å². The smallest absolute Gasteiger partial charge is 0.416 e. The summed E-state index contributed by atoms with van der Waals surface area (Å²) in [6.07, 6.45) is -6.71. The second-order valence-electron chi connectivity index (χ2n) is 8.28. The maximum atomic E-state index is 13.1. The van der Waals surface area contributed by atoms with Crippen molar-refractivity contribution in [2.75, 3.05) is 13.2 Å². The fourth-order valence-corrected chi connectivity index (χ4v) is 4.67. The van der Waals surface area contributed by atoms with Crippen LogP contribution in [0.3, 0.4) is 0 Å². The first kappa shape index (κ1) is 23.1. The fourth-order valence-electron chi connectivity index (χ4n) is 4.67. The van der Waals surface area contributed by atoms with Gasteiger partial charge < -0.3 is 41.7 Å². The number of carbonyl (C=O) groups is 1. The lowest BCUT2D eigenvalue weighted by Crippen LogP contribution is -2.77. The normalized spacial score (nSPS) is 30.2. The zero-order chi connectivity index (χ0) is 24.3. The van der Waals surface area contributed by atoms with E-state index in [4.69, 9.17) is 16.2 Å². The van der Waals surface area contributed by atoms with E-state index in [-0.39, 0.29) is 24.0 Å². The Hall–Kier alpha value is -3.10. The van der Waals surface area contributed by atoms with E-state index in [0.29, 0.717) is 5.56 Å². The number of aliphatic hydroxyl groups excluding tert-OH is 1. The van der Waals surface area contributed by atoms with Crippen LogP contribution in [0.2, 0.25) is 0 Å². The van der Waals surface area contributed by atoms with Gasteiger partial charge >= 0.3 is 12.1 Å². The van der Waals surface area contributed by atoms with Crippen LogP contribution >= 0.6 is 0 Å².